The van der Waals surface area contributed by atoms with Crippen LogP contribution in [-0.4, -0.2) is 25.7 Å². The van der Waals surface area contributed by atoms with E-state index in [4.69, 9.17) is 4.42 Å². The number of ketones is 1. The summed E-state index contributed by atoms with van der Waals surface area (Å²) in [4.78, 5) is 15.5. The van der Waals surface area contributed by atoms with Crippen molar-refractivity contribution in [1.29, 1.82) is 0 Å². The van der Waals surface area contributed by atoms with Crippen molar-refractivity contribution in [3.05, 3.63) is 47.7 Å². The van der Waals surface area contributed by atoms with Crippen LogP contribution in [0.5, 0.6) is 0 Å². The predicted octanol–water partition coefficient (Wildman–Crippen LogP) is 1.71. The van der Waals surface area contributed by atoms with Crippen LogP contribution in [0.15, 0.2) is 39.8 Å². The fourth-order valence-corrected chi connectivity index (χ4v) is 2.88. The average Bonchev–Trinajstić information content (AvgIpc) is 2.84. The molecule has 21 heavy (non-hydrogen) atoms. The van der Waals surface area contributed by atoms with E-state index in [1.54, 1.807) is 19.1 Å². The van der Waals surface area contributed by atoms with E-state index >= 15 is 0 Å². The summed E-state index contributed by atoms with van der Waals surface area (Å²) in [6, 6.07) is 5.95. The molecule has 1 heterocycles. The lowest BCUT2D eigenvalue weighted by molar-refractivity contribution is 0.101. The molecule has 1 N–H and O–H groups in total. The molecule has 0 amide bonds. The molecular formula is C14H16N2O4S. The molecule has 2 rings (SSSR count). The van der Waals surface area contributed by atoms with Crippen LogP contribution in [0.4, 0.5) is 0 Å². The average molecular weight is 308 g/mol. The van der Waals surface area contributed by atoms with Gasteiger partial charge in [-0.1, -0.05) is 12.1 Å². The molecule has 0 saturated carbocycles. The Labute approximate surface area is 123 Å². The summed E-state index contributed by atoms with van der Waals surface area (Å²) in [5, 5.41) is 0. The Hall–Kier alpha value is -1.99. The van der Waals surface area contributed by atoms with Gasteiger partial charge in [-0.2, -0.15) is 0 Å². The Balaban J connectivity index is 2.04. The minimum atomic E-state index is -3.64. The number of nitrogens with one attached hydrogen (secondary N) is 1. The van der Waals surface area contributed by atoms with Gasteiger partial charge in [0.05, 0.1) is 10.6 Å². The van der Waals surface area contributed by atoms with Crippen molar-refractivity contribution in [2.24, 2.45) is 0 Å². The topological polar surface area (TPSA) is 89.3 Å². The summed E-state index contributed by atoms with van der Waals surface area (Å²) in [5.74, 6) is 0.368. The Morgan fingerprint density at radius 3 is 2.76 bits per heavy atom. The molecule has 0 bridgehead atoms. The molecule has 0 saturated heterocycles. The Bertz CT molecular complexity index is 750. The van der Waals surface area contributed by atoms with Gasteiger partial charge in [0.2, 0.25) is 10.0 Å². The van der Waals surface area contributed by atoms with E-state index in [1.807, 2.05) is 0 Å². The molecule has 0 radical (unpaired) electrons. The fourth-order valence-electron chi connectivity index (χ4n) is 1.80. The largest absolute Gasteiger partial charge is 0.449 e. The second-order valence-corrected chi connectivity index (χ2v) is 6.36. The summed E-state index contributed by atoms with van der Waals surface area (Å²) in [5.41, 5.74) is 1.05. The highest BCUT2D eigenvalue weighted by molar-refractivity contribution is 7.89. The van der Waals surface area contributed by atoms with Crippen molar-refractivity contribution >= 4 is 15.8 Å². The molecule has 112 valence electrons. The van der Waals surface area contributed by atoms with Gasteiger partial charge in [-0.25, -0.2) is 18.1 Å². The SMILES string of the molecule is CC(=O)c1cccc(S(=O)(=O)NCCc2coc(C)n2)c1. The maximum atomic E-state index is 12.1. The normalized spacial score (nSPS) is 11.5. The van der Waals surface area contributed by atoms with Crippen LogP contribution in [0.1, 0.15) is 28.9 Å². The van der Waals surface area contributed by atoms with E-state index in [0.717, 1.165) is 0 Å². The third-order valence-electron chi connectivity index (χ3n) is 2.89. The van der Waals surface area contributed by atoms with Crippen LogP contribution in [0.2, 0.25) is 0 Å². The zero-order valence-corrected chi connectivity index (χ0v) is 12.6. The second kappa shape index (κ2) is 6.19. The molecule has 2 aromatic rings. The van der Waals surface area contributed by atoms with Crippen molar-refractivity contribution in [1.82, 2.24) is 9.71 Å². The highest BCUT2D eigenvalue weighted by Crippen LogP contribution is 2.12. The number of benzene rings is 1. The van der Waals surface area contributed by atoms with Gasteiger partial charge < -0.3 is 4.42 Å². The number of aromatic nitrogens is 1. The Morgan fingerprint density at radius 1 is 1.38 bits per heavy atom. The molecule has 6 nitrogen and oxygen atoms in total. The number of Topliss-reactive ketones (excluding diaryl/α,β-unsaturated/α-hetero) is 1. The molecule has 0 aliphatic carbocycles. The van der Waals surface area contributed by atoms with Crippen LogP contribution in [0, 0.1) is 6.92 Å². The smallest absolute Gasteiger partial charge is 0.240 e. The molecule has 0 aliphatic heterocycles. The Morgan fingerprint density at radius 2 is 2.14 bits per heavy atom. The highest BCUT2D eigenvalue weighted by Gasteiger charge is 2.15. The minimum Gasteiger partial charge on any atom is -0.449 e. The van der Waals surface area contributed by atoms with Crippen LogP contribution in [0.3, 0.4) is 0 Å². The van der Waals surface area contributed by atoms with Crippen LogP contribution in [-0.2, 0) is 16.4 Å². The van der Waals surface area contributed by atoms with Crippen LogP contribution in [0.25, 0.3) is 0 Å². The molecule has 7 heteroatoms. The number of sulfonamides is 1. The van der Waals surface area contributed by atoms with Crippen molar-refractivity contribution < 1.29 is 17.6 Å². The van der Waals surface area contributed by atoms with E-state index < -0.39 is 10.0 Å². The number of hydrogen-bond acceptors (Lipinski definition) is 5. The summed E-state index contributed by atoms with van der Waals surface area (Å²) in [7, 11) is -3.64. The summed E-state index contributed by atoms with van der Waals surface area (Å²) in [6.45, 7) is 3.33. The maximum Gasteiger partial charge on any atom is 0.240 e. The van der Waals surface area contributed by atoms with Crippen molar-refractivity contribution in [3.63, 3.8) is 0 Å². The van der Waals surface area contributed by atoms with Gasteiger partial charge in [-0.3, -0.25) is 4.79 Å². The lowest BCUT2D eigenvalue weighted by atomic mass is 10.2. The number of carbonyl (C=O) groups is 1. The molecule has 1 aromatic heterocycles. The third-order valence-corrected chi connectivity index (χ3v) is 4.35. The number of carbonyl (C=O) groups excluding carboxylic acids is 1. The third kappa shape index (κ3) is 3.99. The number of hydrogen-bond donors (Lipinski definition) is 1. The highest BCUT2D eigenvalue weighted by atomic mass is 32.2. The first-order chi connectivity index (χ1) is 9.88. The van der Waals surface area contributed by atoms with E-state index in [9.17, 15) is 13.2 Å². The van der Waals surface area contributed by atoms with Gasteiger partial charge >= 0.3 is 0 Å². The monoisotopic (exact) mass is 308 g/mol. The van der Waals surface area contributed by atoms with Crippen LogP contribution >= 0.6 is 0 Å². The lowest BCUT2D eigenvalue weighted by Gasteiger charge is -2.06. The zero-order chi connectivity index (χ0) is 15.5. The predicted molar refractivity (Wildman–Crippen MR) is 76.6 cm³/mol. The Kier molecular flexibility index (Phi) is 4.54. The second-order valence-electron chi connectivity index (χ2n) is 4.59. The first-order valence-electron chi connectivity index (χ1n) is 6.40. The quantitative estimate of drug-likeness (QED) is 0.821. The van der Waals surface area contributed by atoms with Crippen LogP contribution < -0.4 is 4.72 Å². The molecule has 0 unspecified atom stereocenters. The van der Waals surface area contributed by atoms with E-state index in [-0.39, 0.29) is 17.2 Å². The summed E-state index contributed by atoms with van der Waals surface area (Å²) in [6.07, 6.45) is 1.93. The fraction of sp³-hybridized carbons (Fsp3) is 0.286. The van der Waals surface area contributed by atoms with Gasteiger partial charge in [0.15, 0.2) is 11.7 Å². The van der Waals surface area contributed by atoms with Crippen molar-refractivity contribution in [3.8, 4) is 0 Å². The number of aryl methyl sites for hydroxylation is 1. The van der Waals surface area contributed by atoms with Crippen molar-refractivity contribution in [2.45, 2.75) is 25.2 Å². The molecule has 0 spiro atoms. The van der Waals surface area contributed by atoms with E-state index in [2.05, 4.69) is 9.71 Å². The van der Waals surface area contributed by atoms with E-state index in [0.29, 0.717) is 23.6 Å². The minimum absolute atomic E-state index is 0.0755. The maximum absolute atomic E-state index is 12.1. The van der Waals surface area contributed by atoms with Gasteiger partial charge in [0.25, 0.3) is 0 Å². The van der Waals surface area contributed by atoms with Crippen molar-refractivity contribution in [2.75, 3.05) is 6.54 Å². The lowest BCUT2D eigenvalue weighted by Crippen LogP contribution is -2.26. The molecule has 1 aromatic carbocycles. The van der Waals surface area contributed by atoms with Gasteiger partial charge in [0, 0.05) is 25.5 Å². The molecule has 0 aliphatic rings. The van der Waals surface area contributed by atoms with E-state index in [1.165, 1.54) is 25.3 Å². The number of nitrogens with zero attached hydrogens (tertiary/aromatic N) is 1. The summed E-state index contributed by atoms with van der Waals surface area (Å²) >= 11 is 0. The number of rotatable bonds is 6. The standard InChI is InChI=1S/C14H16N2O4S/c1-10(17)12-4-3-5-14(8-12)21(18,19)15-7-6-13-9-20-11(2)16-13/h3-5,8-9,15H,6-7H2,1-2H3. The number of oxazole rings is 1. The molecule has 0 fully saturated rings. The molecular weight excluding hydrogens is 292 g/mol. The summed E-state index contributed by atoms with van der Waals surface area (Å²) < 4.78 is 31.8. The van der Waals surface area contributed by atoms with Gasteiger partial charge in [-0.15, -0.1) is 0 Å². The van der Waals surface area contributed by atoms with Gasteiger partial charge in [-0.05, 0) is 19.1 Å². The molecule has 0 atom stereocenters. The zero-order valence-electron chi connectivity index (χ0n) is 11.8. The first kappa shape index (κ1) is 15.4. The first-order valence-corrected chi connectivity index (χ1v) is 7.88. The van der Waals surface area contributed by atoms with Gasteiger partial charge in [0.1, 0.15) is 6.26 Å².